The van der Waals surface area contributed by atoms with E-state index in [1.807, 2.05) is 30.3 Å². The number of ketones is 1. The lowest BCUT2D eigenvalue weighted by Gasteiger charge is -2.52. The van der Waals surface area contributed by atoms with Gasteiger partial charge >= 0.3 is 0 Å². The minimum absolute atomic E-state index is 0.0816. The van der Waals surface area contributed by atoms with Crippen LogP contribution in [0.1, 0.15) is 56.7 Å². The van der Waals surface area contributed by atoms with Gasteiger partial charge in [-0.2, -0.15) is 5.10 Å². The second-order valence-corrected chi connectivity index (χ2v) is 9.86. The third-order valence-corrected chi connectivity index (χ3v) is 6.46. The van der Waals surface area contributed by atoms with E-state index in [0.29, 0.717) is 12.8 Å². The van der Waals surface area contributed by atoms with Crippen molar-refractivity contribution in [3.8, 4) is 5.75 Å². The number of carbonyl (C=O) groups excluding carboxylic acids is 1. The number of carbonyl (C=O) groups is 1. The van der Waals surface area contributed by atoms with Crippen LogP contribution in [0.2, 0.25) is 0 Å². The van der Waals surface area contributed by atoms with Crippen LogP contribution in [0.15, 0.2) is 58.1 Å². The van der Waals surface area contributed by atoms with Gasteiger partial charge in [0.15, 0.2) is 0 Å². The fourth-order valence-electron chi connectivity index (χ4n) is 5.07. The van der Waals surface area contributed by atoms with E-state index in [0.717, 1.165) is 39.9 Å². The molecule has 2 atom stereocenters. The fourth-order valence-corrected chi connectivity index (χ4v) is 5.45. The first-order chi connectivity index (χ1) is 13.4. The van der Waals surface area contributed by atoms with E-state index >= 15 is 0 Å². The van der Waals surface area contributed by atoms with Crippen molar-refractivity contribution in [1.82, 2.24) is 5.01 Å². The minimum atomic E-state index is -0.707. The van der Waals surface area contributed by atoms with Crippen LogP contribution >= 0.6 is 15.9 Å². The molecule has 2 unspecified atom stereocenters. The van der Waals surface area contributed by atoms with E-state index in [2.05, 4.69) is 53.0 Å². The minimum Gasteiger partial charge on any atom is -0.466 e. The lowest BCUT2D eigenvalue weighted by Crippen LogP contribution is -2.59. The Kier molecular flexibility index (Phi) is 3.96. The Labute approximate surface area is 173 Å². The van der Waals surface area contributed by atoms with Crippen molar-refractivity contribution in [2.75, 3.05) is 0 Å². The van der Waals surface area contributed by atoms with Crippen LogP contribution in [0.3, 0.4) is 0 Å². The Balaban J connectivity index is 1.65. The lowest BCUT2D eigenvalue weighted by molar-refractivity contribution is -0.171. The number of hydrogen-bond donors (Lipinski definition) is 0. The van der Waals surface area contributed by atoms with Crippen LogP contribution in [-0.2, 0) is 4.79 Å². The molecule has 28 heavy (non-hydrogen) atoms. The molecule has 3 aliphatic rings. The Morgan fingerprint density at radius 2 is 1.93 bits per heavy atom. The standard InChI is InChI=1S/C23H23BrN2O2/c1-22(2)12-17(27)13-23(14-22)26-20(18-10-16(24)8-9-21(18)28-23)11-19(25-26)15-6-4-3-5-7-15/h3-10,20H,11-14H2,1-2H3. The first-order valence-corrected chi connectivity index (χ1v) is 10.6. The average Bonchev–Trinajstić information content (AvgIpc) is 3.08. The molecule has 1 saturated carbocycles. The third-order valence-electron chi connectivity index (χ3n) is 5.97. The summed E-state index contributed by atoms with van der Waals surface area (Å²) in [4.78, 5) is 12.7. The van der Waals surface area contributed by atoms with Crippen molar-refractivity contribution < 1.29 is 9.53 Å². The van der Waals surface area contributed by atoms with Crippen molar-refractivity contribution in [1.29, 1.82) is 0 Å². The van der Waals surface area contributed by atoms with Gasteiger partial charge in [0.2, 0.25) is 5.72 Å². The molecule has 1 aliphatic carbocycles. The molecule has 0 radical (unpaired) electrons. The van der Waals surface area contributed by atoms with Crippen LogP contribution in [0.5, 0.6) is 5.75 Å². The summed E-state index contributed by atoms with van der Waals surface area (Å²) in [5.41, 5.74) is 2.49. The molecule has 5 heteroatoms. The summed E-state index contributed by atoms with van der Waals surface area (Å²) in [5, 5.41) is 7.14. The quantitative estimate of drug-likeness (QED) is 0.592. The largest absolute Gasteiger partial charge is 0.466 e. The molecule has 0 aromatic heterocycles. The van der Waals surface area contributed by atoms with Gasteiger partial charge in [0, 0.05) is 29.3 Å². The summed E-state index contributed by atoms with van der Waals surface area (Å²) in [7, 11) is 0. The second-order valence-electron chi connectivity index (χ2n) is 8.94. The van der Waals surface area contributed by atoms with Gasteiger partial charge in [-0.15, -0.1) is 0 Å². The molecule has 2 aromatic rings. The molecule has 0 amide bonds. The highest BCUT2D eigenvalue weighted by atomic mass is 79.9. The molecule has 2 aliphatic heterocycles. The Bertz CT molecular complexity index is 985. The number of Topliss-reactive ketones (excluding diaryl/α,β-unsaturated/α-hetero) is 1. The van der Waals surface area contributed by atoms with Crippen molar-refractivity contribution in [3.63, 3.8) is 0 Å². The van der Waals surface area contributed by atoms with Gasteiger partial charge in [0.1, 0.15) is 11.5 Å². The predicted octanol–water partition coefficient (Wildman–Crippen LogP) is 5.47. The molecule has 1 fully saturated rings. The molecule has 2 aromatic carbocycles. The summed E-state index contributed by atoms with van der Waals surface area (Å²) in [6.07, 6.45) is 2.57. The maximum absolute atomic E-state index is 12.7. The van der Waals surface area contributed by atoms with E-state index in [-0.39, 0.29) is 17.2 Å². The number of hydrogen-bond acceptors (Lipinski definition) is 4. The number of hydrazone groups is 1. The SMILES string of the molecule is CC1(C)CC(=O)CC2(C1)Oc1ccc(Br)cc1C1CC(c3ccccc3)=NN12. The molecule has 0 bridgehead atoms. The van der Waals surface area contributed by atoms with Crippen molar-refractivity contribution >= 4 is 27.4 Å². The molecule has 1 spiro atoms. The van der Waals surface area contributed by atoms with Gasteiger partial charge in [-0.1, -0.05) is 60.1 Å². The first kappa shape index (κ1) is 17.9. The molecule has 5 rings (SSSR count). The number of fused-ring (bicyclic) bond motifs is 4. The number of rotatable bonds is 1. The van der Waals surface area contributed by atoms with Gasteiger partial charge in [-0.25, -0.2) is 5.01 Å². The van der Waals surface area contributed by atoms with E-state index in [1.54, 1.807) is 0 Å². The number of ether oxygens (including phenoxy) is 1. The number of nitrogens with zero attached hydrogens (tertiary/aromatic N) is 2. The highest BCUT2D eigenvalue weighted by molar-refractivity contribution is 9.10. The average molecular weight is 439 g/mol. The summed E-state index contributed by atoms with van der Waals surface area (Å²) < 4.78 is 7.62. The first-order valence-electron chi connectivity index (χ1n) is 9.78. The third kappa shape index (κ3) is 2.87. The van der Waals surface area contributed by atoms with Crippen LogP contribution in [0.4, 0.5) is 0 Å². The summed E-state index contributed by atoms with van der Waals surface area (Å²) >= 11 is 3.60. The fraction of sp³-hybridized carbons (Fsp3) is 0.391. The van der Waals surface area contributed by atoms with Crippen molar-refractivity contribution in [2.24, 2.45) is 10.5 Å². The molecule has 0 N–H and O–H groups in total. The normalized spacial score (nSPS) is 27.8. The molecule has 0 saturated heterocycles. The Morgan fingerprint density at radius 1 is 1.14 bits per heavy atom. The Hall–Kier alpha value is -2.14. The number of halogens is 1. The van der Waals surface area contributed by atoms with Gasteiger partial charge in [0.25, 0.3) is 0 Å². The topological polar surface area (TPSA) is 41.9 Å². The molecule has 144 valence electrons. The van der Waals surface area contributed by atoms with Gasteiger partial charge in [-0.3, -0.25) is 4.79 Å². The summed E-state index contributed by atoms with van der Waals surface area (Å²) in [5.74, 6) is 1.12. The van der Waals surface area contributed by atoms with E-state index < -0.39 is 5.72 Å². The van der Waals surface area contributed by atoms with E-state index in [1.165, 1.54) is 0 Å². The maximum Gasteiger partial charge on any atom is 0.205 e. The highest BCUT2D eigenvalue weighted by Crippen LogP contribution is 2.54. The molecular formula is C23H23BrN2O2. The monoisotopic (exact) mass is 438 g/mol. The molecule has 4 nitrogen and oxygen atoms in total. The van der Waals surface area contributed by atoms with Crippen molar-refractivity contribution in [3.05, 3.63) is 64.1 Å². The van der Waals surface area contributed by atoms with Gasteiger partial charge in [-0.05, 0) is 29.2 Å². The zero-order valence-corrected chi connectivity index (χ0v) is 17.7. The van der Waals surface area contributed by atoms with Crippen LogP contribution in [0.25, 0.3) is 0 Å². The zero-order chi connectivity index (χ0) is 19.5. The van der Waals surface area contributed by atoms with Crippen LogP contribution < -0.4 is 4.74 Å². The van der Waals surface area contributed by atoms with E-state index in [9.17, 15) is 4.79 Å². The zero-order valence-electron chi connectivity index (χ0n) is 16.1. The maximum atomic E-state index is 12.7. The smallest absolute Gasteiger partial charge is 0.205 e. The van der Waals surface area contributed by atoms with Gasteiger partial charge < -0.3 is 4.74 Å². The summed E-state index contributed by atoms with van der Waals surface area (Å²) in [6.45, 7) is 4.30. The second kappa shape index (κ2) is 6.18. The van der Waals surface area contributed by atoms with Gasteiger partial charge in [0.05, 0.1) is 18.2 Å². The molecule has 2 heterocycles. The van der Waals surface area contributed by atoms with E-state index in [4.69, 9.17) is 9.84 Å². The highest BCUT2D eigenvalue weighted by Gasteiger charge is 2.56. The number of benzene rings is 2. The predicted molar refractivity (Wildman–Crippen MR) is 112 cm³/mol. The summed E-state index contributed by atoms with van der Waals surface area (Å²) in [6, 6.07) is 16.5. The van der Waals surface area contributed by atoms with Crippen LogP contribution in [-0.4, -0.2) is 22.2 Å². The Morgan fingerprint density at radius 3 is 2.68 bits per heavy atom. The van der Waals surface area contributed by atoms with Crippen LogP contribution in [0, 0.1) is 5.41 Å². The lowest BCUT2D eigenvalue weighted by atomic mass is 9.71. The van der Waals surface area contributed by atoms with Crippen molar-refractivity contribution in [2.45, 2.75) is 51.3 Å². The molecular weight excluding hydrogens is 416 g/mol.